The van der Waals surface area contributed by atoms with E-state index in [-0.39, 0.29) is 17.6 Å². The zero-order valence-corrected chi connectivity index (χ0v) is 16.3. The van der Waals surface area contributed by atoms with E-state index in [1.54, 1.807) is 19.2 Å². The van der Waals surface area contributed by atoms with Crippen molar-refractivity contribution in [2.24, 2.45) is 5.92 Å². The summed E-state index contributed by atoms with van der Waals surface area (Å²) in [7, 11) is 2.90. The number of hydrogen-bond acceptors (Lipinski definition) is 5. The summed E-state index contributed by atoms with van der Waals surface area (Å²) < 4.78 is 10.1. The average Bonchev–Trinajstić information content (AvgIpc) is 3.04. The lowest BCUT2D eigenvalue weighted by Crippen LogP contribution is -2.45. The SMILES string of the molecule is COC(=O)c1[nH]c2cc(OC)ccc2c1NC(=O)[C@@H](C)N1CCC(C)CC1. The third-order valence-electron chi connectivity index (χ3n) is 5.39. The first-order valence-electron chi connectivity index (χ1n) is 9.27. The van der Waals surface area contributed by atoms with Crippen molar-refractivity contribution in [2.45, 2.75) is 32.7 Å². The van der Waals surface area contributed by atoms with E-state index in [1.165, 1.54) is 7.11 Å². The zero-order valence-electron chi connectivity index (χ0n) is 16.3. The van der Waals surface area contributed by atoms with Crippen LogP contribution in [0.5, 0.6) is 5.75 Å². The van der Waals surface area contributed by atoms with Gasteiger partial charge in [0.2, 0.25) is 5.91 Å². The van der Waals surface area contributed by atoms with Crippen molar-refractivity contribution >= 4 is 28.5 Å². The molecule has 7 nitrogen and oxygen atoms in total. The minimum atomic E-state index is -0.528. The van der Waals surface area contributed by atoms with Crippen LogP contribution in [0.15, 0.2) is 18.2 Å². The van der Waals surface area contributed by atoms with Crippen LogP contribution in [-0.2, 0) is 9.53 Å². The minimum absolute atomic E-state index is 0.133. The highest BCUT2D eigenvalue weighted by Gasteiger charge is 2.27. The minimum Gasteiger partial charge on any atom is -0.497 e. The first kappa shape index (κ1) is 19.2. The van der Waals surface area contributed by atoms with E-state index in [0.717, 1.165) is 31.3 Å². The molecule has 0 unspecified atom stereocenters. The number of fused-ring (bicyclic) bond motifs is 1. The van der Waals surface area contributed by atoms with Gasteiger partial charge in [-0.1, -0.05) is 6.92 Å². The quantitative estimate of drug-likeness (QED) is 0.787. The highest BCUT2D eigenvalue weighted by atomic mass is 16.5. The van der Waals surface area contributed by atoms with Gasteiger partial charge in [-0.05, 0) is 50.9 Å². The number of benzene rings is 1. The molecule has 1 aliphatic heterocycles. The average molecular weight is 373 g/mol. The molecule has 146 valence electrons. The van der Waals surface area contributed by atoms with Crippen molar-refractivity contribution in [1.29, 1.82) is 0 Å². The van der Waals surface area contributed by atoms with E-state index in [9.17, 15) is 9.59 Å². The molecule has 1 aromatic carbocycles. The Morgan fingerprint density at radius 1 is 1.26 bits per heavy atom. The second-order valence-electron chi connectivity index (χ2n) is 7.16. The summed E-state index contributed by atoms with van der Waals surface area (Å²) in [6.45, 7) is 5.96. The lowest BCUT2D eigenvalue weighted by atomic mass is 9.98. The standard InChI is InChI=1S/C20H27N3O4/c1-12-7-9-23(10-8-12)13(2)19(24)22-17-15-6-5-14(26-3)11-16(15)21-18(17)20(25)27-4/h5-6,11-13,21H,7-10H2,1-4H3,(H,22,24)/t13-/m1/s1. The van der Waals surface area contributed by atoms with Crippen LogP contribution in [0, 0.1) is 5.92 Å². The molecule has 1 saturated heterocycles. The van der Waals surface area contributed by atoms with Gasteiger partial charge < -0.3 is 19.8 Å². The van der Waals surface area contributed by atoms with E-state index in [2.05, 4.69) is 22.1 Å². The number of aromatic amines is 1. The Kier molecular flexibility index (Phi) is 5.70. The van der Waals surface area contributed by atoms with Crippen molar-refractivity contribution in [2.75, 3.05) is 32.6 Å². The van der Waals surface area contributed by atoms with Crippen LogP contribution in [0.1, 0.15) is 37.2 Å². The number of amides is 1. The number of ether oxygens (including phenoxy) is 2. The molecule has 3 rings (SSSR count). The second-order valence-corrected chi connectivity index (χ2v) is 7.16. The van der Waals surface area contributed by atoms with Crippen LogP contribution in [-0.4, -0.2) is 55.1 Å². The lowest BCUT2D eigenvalue weighted by molar-refractivity contribution is -0.121. The fourth-order valence-corrected chi connectivity index (χ4v) is 3.50. The molecule has 1 amide bonds. The number of aromatic nitrogens is 1. The first-order chi connectivity index (χ1) is 12.9. The maximum absolute atomic E-state index is 12.9. The summed E-state index contributed by atoms with van der Waals surface area (Å²) in [5.74, 6) is 0.700. The summed E-state index contributed by atoms with van der Waals surface area (Å²) >= 11 is 0. The Hall–Kier alpha value is -2.54. The van der Waals surface area contributed by atoms with Gasteiger partial charge in [-0.2, -0.15) is 0 Å². The molecule has 0 aliphatic carbocycles. The van der Waals surface area contributed by atoms with Gasteiger partial charge >= 0.3 is 5.97 Å². The predicted octanol–water partition coefficient (Wildman–Crippen LogP) is 3.02. The summed E-state index contributed by atoms with van der Waals surface area (Å²) in [6, 6.07) is 5.13. The lowest BCUT2D eigenvalue weighted by Gasteiger charge is -2.34. The van der Waals surface area contributed by atoms with Gasteiger partial charge in [-0.3, -0.25) is 9.69 Å². The molecule has 7 heteroatoms. The molecule has 1 aromatic heterocycles. The van der Waals surface area contributed by atoms with Crippen molar-refractivity contribution in [3.8, 4) is 5.75 Å². The number of hydrogen-bond donors (Lipinski definition) is 2. The third-order valence-corrected chi connectivity index (χ3v) is 5.39. The zero-order chi connectivity index (χ0) is 19.6. The van der Waals surface area contributed by atoms with E-state index in [1.807, 2.05) is 13.0 Å². The maximum Gasteiger partial charge on any atom is 0.356 e. The molecule has 1 atom stereocenters. The second kappa shape index (κ2) is 8.00. The normalized spacial score (nSPS) is 16.9. The predicted molar refractivity (Wildman–Crippen MR) is 104 cm³/mol. The largest absolute Gasteiger partial charge is 0.497 e. The fraction of sp³-hybridized carbons (Fsp3) is 0.500. The van der Waals surface area contributed by atoms with Gasteiger partial charge in [-0.15, -0.1) is 0 Å². The molecule has 1 aliphatic rings. The van der Waals surface area contributed by atoms with Crippen molar-refractivity contribution in [1.82, 2.24) is 9.88 Å². The molecule has 0 bridgehead atoms. The van der Waals surface area contributed by atoms with Gasteiger partial charge in [0.15, 0.2) is 0 Å². The van der Waals surface area contributed by atoms with E-state index >= 15 is 0 Å². The van der Waals surface area contributed by atoms with E-state index in [0.29, 0.717) is 22.9 Å². The molecule has 2 aromatic rings. The summed E-state index contributed by atoms with van der Waals surface area (Å²) in [4.78, 5) is 30.3. The fourth-order valence-electron chi connectivity index (χ4n) is 3.50. The Bertz CT molecular complexity index is 837. The van der Waals surface area contributed by atoms with Crippen LogP contribution in [0.4, 0.5) is 5.69 Å². The highest BCUT2D eigenvalue weighted by molar-refractivity contribution is 6.11. The number of nitrogens with one attached hydrogen (secondary N) is 2. The summed E-state index contributed by atoms with van der Waals surface area (Å²) in [5.41, 5.74) is 1.37. The summed E-state index contributed by atoms with van der Waals surface area (Å²) in [5, 5.41) is 3.68. The van der Waals surface area contributed by atoms with Crippen LogP contribution in [0.2, 0.25) is 0 Å². The molecule has 27 heavy (non-hydrogen) atoms. The van der Waals surface area contributed by atoms with Gasteiger partial charge in [0.05, 0.1) is 31.5 Å². The first-order valence-corrected chi connectivity index (χ1v) is 9.27. The number of H-pyrrole nitrogens is 1. The number of carbonyl (C=O) groups is 2. The number of esters is 1. The third kappa shape index (κ3) is 3.93. The van der Waals surface area contributed by atoms with Gasteiger partial charge in [0.25, 0.3) is 0 Å². The van der Waals surface area contributed by atoms with E-state index in [4.69, 9.17) is 9.47 Å². The van der Waals surface area contributed by atoms with Gasteiger partial charge in [0.1, 0.15) is 11.4 Å². The summed E-state index contributed by atoms with van der Waals surface area (Å²) in [6.07, 6.45) is 2.19. The molecule has 0 saturated carbocycles. The van der Waals surface area contributed by atoms with E-state index < -0.39 is 5.97 Å². The molecule has 2 N–H and O–H groups in total. The monoisotopic (exact) mass is 373 g/mol. The number of likely N-dealkylation sites (tertiary alicyclic amines) is 1. The van der Waals surface area contributed by atoms with Crippen LogP contribution in [0.25, 0.3) is 10.9 Å². The Balaban J connectivity index is 1.88. The molecular formula is C20H27N3O4. The number of rotatable bonds is 5. The van der Waals surface area contributed by atoms with Crippen LogP contribution < -0.4 is 10.1 Å². The highest BCUT2D eigenvalue weighted by Crippen LogP contribution is 2.31. The topological polar surface area (TPSA) is 83.7 Å². The molecule has 2 heterocycles. The van der Waals surface area contributed by atoms with Crippen molar-refractivity contribution < 1.29 is 19.1 Å². The Morgan fingerprint density at radius 2 is 1.96 bits per heavy atom. The number of nitrogens with zero attached hydrogens (tertiary/aromatic N) is 1. The number of methoxy groups -OCH3 is 2. The van der Waals surface area contributed by atoms with Crippen molar-refractivity contribution in [3.05, 3.63) is 23.9 Å². The molecule has 0 radical (unpaired) electrons. The number of carbonyl (C=O) groups excluding carboxylic acids is 2. The molecule has 1 fully saturated rings. The Labute approximate surface area is 159 Å². The Morgan fingerprint density at radius 3 is 2.59 bits per heavy atom. The van der Waals surface area contributed by atoms with Crippen molar-refractivity contribution in [3.63, 3.8) is 0 Å². The molecular weight excluding hydrogens is 346 g/mol. The van der Waals surface area contributed by atoms with Crippen LogP contribution in [0.3, 0.4) is 0 Å². The number of piperidine rings is 1. The van der Waals surface area contributed by atoms with Gasteiger partial charge in [-0.25, -0.2) is 4.79 Å². The smallest absolute Gasteiger partial charge is 0.356 e. The maximum atomic E-state index is 12.9. The van der Waals surface area contributed by atoms with Gasteiger partial charge in [0, 0.05) is 11.5 Å². The number of anilines is 1. The molecule has 0 spiro atoms. The van der Waals surface area contributed by atoms with Crippen LogP contribution >= 0.6 is 0 Å².